The van der Waals surface area contributed by atoms with E-state index in [1.165, 1.54) is 4.57 Å². The van der Waals surface area contributed by atoms with Crippen LogP contribution < -0.4 is 0 Å². The van der Waals surface area contributed by atoms with Crippen molar-refractivity contribution in [2.75, 3.05) is 0 Å². The predicted molar refractivity (Wildman–Crippen MR) is 170 cm³/mol. The average molecular weight is 533 g/mol. The molecule has 3 nitrogen and oxygen atoms in total. The summed E-state index contributed by atoms with van der Waals surface area (Å²) < 4.78 is 78.6. The summed E-state index contributed by atoms with van der Waals surface area (Å²) >= 11 is 0. The molecule has 0 radical (unpaired) electrons. The van der Waals surface area contributed by atoms with E-state index in [4.69, 9.17) is 15.4 Å². The number of para-hydroxylation sites is 4. The number of nitrogens with zero attached hydrogens (tertiary/aromatic N) is 2. The van der Waals surface area contributed by atoms with E-state index in [1.54, 1.807) is 12.1 Å². The Morgan fingerprint density at radius 3 is 1.90 bits per heavy atom. The number of rotatable bonds is 3. The van der Waals surface area contributed by atoms with Gasteiger partial charge < -0.3 is 8.98 Å². The molecular weight excluding hydrogens is 500 g/mol. The highest BCUT2D eigenvalue weighted by Gasteiger charge is 2.21. The van der Waals surface area contributed by atoms with Crippen molar-refractivity contribution in [2.45, 2.75) is 0 Å². The maximum Gasteiger partial charge on any atom is 0.213 e. The minimum atomic E-state index is -0.465. The van der Waals surface area contributed by atoms with Crippen molar-refractivity contribution in [1.82, 2.24) is 9.13 Å². The highest BCUT2D eigenvalue weighted by Crippen LogP contribution is 2.43. The van der Waals surface area contributed by atoms with Crippen molar-refractivity contribution < 1.29 is 15.4 Å². The van der Waals surface area contributed by atoms with Crippen LogP contribution in [-0.2, 0) is 0 Å². The van der Waals surface area contributed by atoms with E-state index < -0.39 is 24.2 Å². The fraction of sp³-hybridized carbons (Fsp3) is 0. The molecule has 0 aliphatic heterocycles. The normalized spacial score (nSPS) is 14.6. The van der Waals surface area contributed by atoms with E-state index in [-0.39, 0.29) is 46.0 Å². The molecule has 0 N–H and O–H groups in total. The van der Waals surface area contributed by atoms with Gasteiger partial charge in [-0.15, -0.1) is 0 Å². The zero-order chi connectivity index (χ0) is 33.9. The molecule has 6 aromatic carbocycles. The first kappa shape index (κ1) is 15.9. The zero-order valence-corrected chi connectivity index (χ0v) is 21.5. The summed E-state index contributed by atoms with van der Waals surface area (Å²) in [7, 11) is 0. The van der Waals surface area contributed by atoms with E-state index in [0.29, 0.717) is 5.69 Å². The Hall–Kier alpha value is -5.54. The number of fused-ring (bicyclic) bond motifs is 8. The minimum absolute atomic E-state index is 0.0532. The van der Waals surface area contributed by atoms with Crippen LogP contribution in [0.3, 0.4) is 0 Å². The molecule has 9 rings (SSSR count). The van der Waals surface area contributed by atoms with Crippen LogP contribution in [0.1, 0.15) is 11.0 Å². The Bertz CT molecular complexity index is 2770. The Morgan fingerprint density at radius 1 is 0.488 bits per heavy atom. The van der Waals surface area contributed by atoms with Gasteiger partial charge in [-0.3, -0.25) is 4.57 Å². The zero-order valence-electron chi connectivity index (χ0n) is 29.5. The van der Waals surface area contributed by atoms with Crippen LogP contribution >= 0.6 is 0 Å². The number of hydrogen-bond donors (Lipinski definition) is 0. The smallest absolute Gasteiger partial charge is 0.213 e. The predicted octanol–water partition coefficient (Wildman–Crippen LogP) is 10.3. The summed E-state index contributed by atoms with van der Waals surface area (Å²) in [5.41, 5.74) is 5.96. The molecule has 0 fully saturated rings. The van der Waals surface area contributed by atoms with Gasteiger partial charge in [-0.25, -0.2) is 0 Å². The van der Waals surface area contributed by atoms with Gasteiger partial charge in [0.05, 0.1) is 32.9 Å². The van der Waals surface area contributed by atoms with Crippen LogP contribution in [0.5, 0.6) is 0 Å². The molecule has 3 heterocycles. The molecule has 3 heteroatoms. The first-order valence-corrected chi connectivity index (χ1v) is 13.3. The van der Waals surface area contributed by atoms with E-state index in [1.807, 2.05) is 72.8 Å². The van der Waals surface area contributed by atoms with Gasteiger partial charge in [0, 0.05) is 32.9 Å². The third kappa shape index (κ3) is 3.14. The van der Waals surface area contributed by atoms with Crippen LogP contribution in [0.4, 0.5) is 0 Å². The van der Waals surface area contributed by atoms with Gasteiger partial charge in [0.15, 0.2) is 0 Å². The van der Waals surface area contributed by atoms with Crippen molar-refractivity contribution in [1.29, 1.82) is 0 Å². The standard InChI is InChI=1S/C38H24N2O/c1-2-11-26(12-3-1)40-34-19-9-6-15-31(34)37-36-28(16-10-20-35(36)41-38(37)40)25-21-23-27(24-22-25)39-32-17-7-4-13-29(32)30-14-5-8-18-33(30)39/h1-24H/i4D,5D,7D,8D,13D,14D,17D,18D. The highest BCUT2D eigenvalue weighted by molar-refractivity contribution is 6.23. The second kappa shape index (κ2) is 8.48. The minimum Gasteiger partial charge on any atom is -0.439 e. The molecule has 0 aliphatic carbocycles. The van der Waals surface area contributed by atoms with Crippen molar-refractivity contribution in [3.63, 3.8) is 0 Å². The lowest BCUT2D eigenvalue weighted by Crippen LogP contribution is -1.93. The Labute approximate surface area is 247 Å². The fourth-order valence-electron chi connectivity index (χ4n) is 6.08. The van der Waals surface area contributed by atoms with Crippen LogP contribution in [-0.4, -0.2) is 9.13 Å². The van der Waals surface area contributed by atoms with Crippen molar-refractivity contribution >= 4 is 54.8 Å². The molecular formula is C38H24N2O. The Morgan fingerprint density at radius 2 is 1.15 bits per heavy atom. The molecule has 0 bridgehead atoms. The molecule has 9 aromatic rings. The van der Waals surface area contributed by atoms with Gasteiger partial charge in [0.25, 0.3) is 0 Å². The lowest BCUT2D eigenvalue weighted by Gasteiger charge is -2.10. The third-order valence-corrected chi connectivity index (χ3v) is 7.80. The van der Waals surface area contributed by atoms with Gasteiger partial charge in [-0.2, -0.15) is 0 Å². The van der Waals surface area contributed by atoms with Gasteiger partial charge in [-0.1, -0.05) is 96.9 Å². The van der Waals surface area contributed by atoms with Crippen LogP contribution in [0.2, 0.25) is 0 Å². The fourth-order valence-corrected chi connectivity index (χ4v) is 6.08. The lowest BCUT2D eigenvalue weighted by atomic mass is 9.99. The number of hydrogen-bond acceptors (Lipinski definition) is 1. The Kier molecular flexibility index (Phi) is 3.29. The Balaban J connectivity index is 1.31. The van der Waals surface area contributed by atoms with Gasteiger partial charge in [0.1, 0.15) is 5.58 Å². The van der Waals surface area contributed by atoms with E-state index >= 15 is 0 Å². The van der Waals surface area contributed by atoms with Gasteiger partial charge >= 0.3 is 0 Å². The highest BCUT2D eigenvalue weighted by atomic mass is 16.3. The van der Waals surface area contributed by atoms with Crippen molar-refractivity contribution in [3.05, 3.63) is 145 Å². The summed E-state index contributed by atoms with van der Waals surface area (Å²) in [6.45, 7) is 0. The molecule has 192 valence electrons. The number of benzene rings is 6. The second-order valence-electron chi connectivity index (χ2n) is 9.98. The number of aromatic nitrogens is 2. The molecule has 0 saturated carbocycles. The molecule has 0 atom stereocenters. The first-order valence-electron chi connectivity index (χ1n) is 17.3. The topological polar surface area (TPSA) is 23.0 Å². The molecule has 0 saturated heterocycles. The van der Waals surface area contributed by atoms with E-state index in [2.05, 4.69) is 16.7 Å². The first-order chi connectivity index (χ1) is 23.7. The van der Waals surface area contributed by atoms with Gasteiger partial charge in [-0.05, 0) is 59.6 Å². The van der Waals surface area contributed by atoms with Crippen LogP contribution in [0.15, 0.2) is 150 Å². The maximum absolute atomic E-state index is 8.81. The molecule has 3 aromatic heterocycles. The summed E-state index contributed by atoms with van der Waals surface area (Å²) in [6, 6.07) is 28.5. The monoisotopic (exact) mass is 532 g/mol. The van der Waals surface area contributed by atoms with E-state index in [0.717, 1.165) is 49.8 Å². The summed E-state index contributed by atoms with van der Waals surface area (Å²) in [5.74, 6) is 0. The third-order valence-electron chi connectivity index (χ3n) is 7.80. The second-order valence-corrected chi connectivity index (χ2v) is 9.98. The maximum atomic E-state index is 8.81. The van der Waals surface area contributed by atoms with Gasteiger partial charge in [0.2, 0.25) is 5.71 Å². The lowest BCUT2D eigenvalue weighted by molar-refractivity contribution is 0.645. The van der Waals surface area contributed by atoms with E-state index in [9.17, 15) is 0 Å². The average Bonchev–Trinajstić information content (AvgIpc) is 3.79. The molecule has 0 spiro atoms. The summed E-state index contributed by atoms with van der Waals surface area (Å²) in [4.78, 5) is 0. The van der Waals surface area contributed by atoms with Crippen molar-refractivity contribution in [2.24, 2.45) is 0 Å². The number of furan rings is 1. The molecule has 0 amide bonds. The summed E-state index contributed by atoms with van der Waals surface area (Å²) in [5, 5.41) is 3.10. The largest absolute Gasteiger partial charge is 0.439 e. The quantitative estimate of drug-likeness (QED) is 0.222. The molecule has 41 heavy (non-hydrogen) atoms. The SMILES string of the molecule is [2H]c1c([2H])c([2H])c2c(c1[2H])c1c([2H])c([2H])c([2H])c([2H])c1n2-c1ccc(-c2cccc3oc4c(c5ccccc5n4-c4ccccc4)c23)cc1. The van der Waals surface area contributed by atoms with Crippen LogP contribution in [0.25, 0.3) is 77.3 Å². The summed E-state index contributed by atoms with van der Waals surface area (Å²) in [6.07, 6.45) is 0. The van der Waals surface area contributed by atoms with Crippen molar-refractivity contribution in [3.8, 4) is 22.5 Å². The molecule has 0 aliphatic rings. The van der Waals surface area contributed by atoms with Crippen LogP contribution in [0, 0.1) is 0 Å². The molecule has 0 unspecified atom stereocenters.